The summed E-state index contributed by atoms with van der Waals surface area (Å²) >= 11 is 8.55. The van der Waals surface area contributed by atoms with Gasteiger partial charge in [-0.05, 0) is 0 Å². The topological polar surface area (TPSA) is 53.4 Å². The molecule has 0 saturated carbocycles. The van der Waals surface area contributed by atoms with Crippen LogP contribution in [0.1, 0.15) is 11.8 Å². The van der Waals surface area contributed by atoms with Crippen molar-refractivity contribution < 1.29 is 10.2 Å². The van der Waals surface area contributed by atoms with Gasteiger partial charge in [-0.3, -0.25) is 0 Å². The second kappa shape index (κ2) is 5.17. The summed E-state index contributed by atoms with van der Waals surface area (Å²) in [5.41, 5.74) is 0. The molecule has 6 heteroatoms. The first kappa shape index (κ1) is 11.3. The van der Waals surface area contributed by atoms with E-state index in [4.69, 9.17) is 21.8 Å². The van der Waals surface area contributed by atoms with Crippen LogP contribution in [0.15, 0.2) is 4.34 Å². The van der Waals surface area contributed by atoms with E-state index in [1.54, 1.807) is 0 Å². The van der Waals surface area contributed by atoms with Crippen LogP contribution in [-0.4, -0.2) is 27.1 Å². The quantitative estimate of drug-likeness (QED) is 0.787. The van der Waals surface area contributed by atoms with E-state index in [1.165, 1.54) is 23.1 Å². The zero-order valence-electron chi connectivity index (χ0n) is 7.03. The monoisotopic (exact) mass is 239 g/mol. The minimum absolute atomic E-state index is 0.0788. The SMILES string of the molecule is CC(CO)Sc1nc(Cl)c(CO)s1. The Morgan fingerprint density at radius 3 is 2.77 bits per heavy atom. The molecule has 3 nitrogen and oxygen atoms in total. The number of aromatic nitrogens is 1. The molecule has 0 aliphatic rings. The van der Waals surface area contributed by atoms with Gasteiger partial charge in [0.15, 0.2) is 4.34 Å². The highest BCUT2D eigenvalue weighted by atomic mass is 35.5. The van der Waals surface area contributed by atoms with Gasteiger partial charge < -0.3 is 10.2 Å². The molecular weight excluding hydrogens is 230 g/mol. The largest absolute Gasteiger partial charge is 0.395 e. The van der Waals surface area contributed by atoms with Crippen molar-refractivity contribution in [2.45, 2.75) is 23.1 Å². The Morgan fingerprint density at radius 2 is 2.31 bits per heavy atom. The fraction of sp³-hybridized carbons (Fsp3) is 0.571. The van der Waals surface area contributed by atoms with Gasteiger partial charge in [0, 0.05) is 5.25 Å². The average Bonchev–Trinajstić information content (AvgIpc) is 2.46. The van der Waals surface area contributed by atoms with Crippen LogP contribution in [0.4, 0.5) is 0 Å². The van der Waals surface area contributed by atoms with Crippen molar-refractivity contribution in [3.63, 3.8) is 0 Å². The first-order chi connectivity index (χ1) is 6.17. The van der Waals surface area contributed by atoms with Gasteiger partial charge in [0.25, 0.3) is 0 Å². The van der Waals surface area contributed by atoms with Crippen LogP contribution >= 0.6 is 34.7 Å². The Balaban J connectivity index is 2.67. The third-order valence-electron chi connectivity index (χ3n) is 1.33. The van der Waals surface area contributed by atoms with Crippen molar-refractivity contribution in [3.05, 3.63) is 10.0 Å². The molecule has 1 rings (SSSR count). The van der Waals surface area contributed by atoms with Crippen molar-refractivity contribution in [2.75, 3.05) is 6.61 Å². The summed E-state index contributed by atoms with van der Waals surface area (Å²) in [4.78, 5) is 4.72. The van der Waals surface area contributed by atoms with E-state index in [0.717, 1.165) is 4.34 Å². The lowest BCUT2D eigenvalue weighted by atomic mass is 10.5. The van der Waals surface area contributed by atoms with Crippen LogP contribution in [0.3, 0.4) is 0 Å². The number of rotatable bonds is 4. The Morgan fingerprint density at radius 1 is 1.62 bits per heavy atom. The number of thiazole rings is 1. The lowest BCUT2D eigenvalue weighted by Gasteiger charge is -2.02. The maximum Gasteiger partial charge on any atom is 0.152 e. The van der Waals surface area contributed by atoms with Gasteiger partial charge in [0.1, 0.15) is 5.15 Å². The van der Waals surface area contributed by atoms with Crippen LogP contribution in [0.5, 0.6) is 0 Å². The molecule has 0 saturated heterocycles. The maximum atomic E-state index is 8.85. The molecule has 1 aromatic heterocycles. The van der Waals surface area contributed by atoms with Crippen molar-refractivity contribution in [1.29, 1.82) is 0 Å². The summed E-state index contributed by atoms with van der Waals surface area (Å²) in [6, 6.07) is 0. The van der Waals surface area contributed by atoms with Crippen LogP contribution in [-0.2, 0) is 6.61 Å². The number of nitrogens with zero attached hydrogens (tertiary/aromatic N) is 1. The molecule has 0 amide bonds. The van der Waals surface area contributed by atoms with Crippen molar-refractivity contribution in [3.8, 4) is 0 Å². The maximum absolute atomic E-state index is 8.85. The van der Waals surface area contributed by atoms with Crippen LogP contribution in [0, 0.1) is 0 Å². The second-order valence-electron chi connectivity index (χ2n) is 2.46. The van der Waals surface area contributed by atoms with Crippen LogP contribution < -0.4 is 0 Å². The van der Waals surface area contributed by atoms with E-state index in [1.807, 2.05) is 6.92 Å². The standard InChI is InChI=1S/C7H10ClNO2S2/c1-4(2-10)12-7-9-6(8)5(3-11)13-7/h4,10-11H,2-3H2,1H3. The Hall–Kier alpha value is 0.190. The predicted octanol–water partition coefficient (Wildman–Crippen LogP) is 1.76. The zero-order valence-corrected chi connectivity index (χ0v) is 9.42. The number of aliphatic hydroxyl groups excluding tert-OH is 2. The lowest BCUT2D eigenvalue weighted by molar-refractivity contribution is 0.285. The summed E-state index contributed by atoms with van der Waals surface area (Å²) in [5, 5.41) is 18.1. The van der Waals surface area contributed by atoms with Crippen molar-refractivity contribution in [1.82, 2.24) is 4.98 Å². The molecule has 1 heterocycles. The Bertz CT molecular complexity index is 279. The minimum atomic E-state index is -0.0788. The molecule has 0 bridgehead atoms. The predicted molar refractivity (Wildman–Crippen MR) is 55.5 cm³/mol. The van der Waals surface area contributed by atoms with E-state index >= 15 is 0 Å². The number of hydrogen-bond acceptors (Lipinski definition) is 5. The molecule has 0 aromatic carbocycles. The minimum Gasteiger partial charge on any atom is -0.395 e. The summed E-state index contributed by atoms with van der Waals surface area (Å²) in [7, 11) is 0. The van der Waals surface area contributed by atoms with E-state index in [-0.39, 0.29) is 18.5 Å². The van der Waals surface area contributed by atoms with Gasteiger partial charge in [-0.2, -0.15) is 0 Å². The highest BCUT2D eigenvalue weighted by Crippen LogP contribution is 2.32. The van der Waals surface area contributed by atoms with Gasteiger partial charge >= 0.3 is 0 Å². The number of hydrogen-bond donors (Lipinski definition) is 2. The molecule has 1 aromatic rings. The van der Waals surface area contributed by atoms with Crippen LogP contribution in [0.2, 0.25) is 5.15 Å². The molecule has 2 N–H and O–H groups in total. The first-order valence-electron chi connectivity index (χ1n) is 3.71. The molecule has 1 atom stereocenters. The fourth-order valence-electron chi connectivity index (χ4n) is 0.670. The van der Waals surface area contributed by atoms with Crippen molar-refractivity contribution >= 4 is 34.7 Å². The van der Waals surface area contributed by atoms with Gasteiger partial charge in [0.05, 0.1) is 18.1 Å². The van der Waals surface area contributed by atoms with Crippen molar-refractivity contribution in [2.24, 2.45) is 0 Å². The molecule has 0 aliphatic heterocycles. The summed E-state index contributed by atoms with van der Waals surface area (Å²) in [6.45, 7) is 1.93. The number of aliphatic hydroxyl groups is 2. The lowest BCUT2D eigenvalue weighted by Crippen LogP contribution is -2.00. The van der Waals surface area contributed by atoms with Gasteiger partial charge in [-0.25, -0.2) is 4.98 Å². The number of thioether (sulfide) groups is 1. The molecule has 0 spiro atoms. The smallest absolute Gasteiger partial charge is 0.152 e. The van der Waals surface area contributed by atoms with Gasteiger partial charge in [-0.1, -0.05) is 30.3 Å². The zero-order chi connectivity index (χ0) is 9.84. The third kappa shape index (κ3) is 3.11. The Kier molecular flexibility index (Phi) is 4.48. The summed E-state index contributed by atoms with van der Waals surface area (Å²) in [6.07, 6.45) is 0. The Labute approximate surface area is 89.8 Å². The molecule has 13 heavy (non-hydrogen) atoms. The van der Waals surface area contributed by atoms with E-state index in [0.29, 0.717) is 10.0 Å². The highest BCUT2D eigenvalue weighted by molar-refractivity contribution is 8.01. The molecule has 0 radical (unpaired) electrons. The van der Waals surface area contributed by atoms with E-state index in [9.17, 15) is 0 Å². The van der Waals surface area contributed by atoms with E-state index < -0.39 is 0 Å². The fourth-order valence-corrected chi connectivity index (χ4v) is 3.12. The van der Waals surface area contributed by atoms with E-state index in [2.05, 4.69) is 4.98 Å². The molecule has 1 unspecified atom stereocenters. The average molecular weight is 240 g/mol. The van der Waals surface area contributed by atoms with Gasteiger partial charge in [0.2, 0.25) is 0 Å². The van der Waals surface area contributed by atoms with Crippen LogP contribution in [0.25, 0.3) is 0 Å². The molecule has 0 fully saturated rings. The highest BCUT2D eigenvalue weighted by Gasteiger charge is 2.11. The van der Waals surface area contributed by atoms with Gasteiger partial charge in [-0.15, -0.1) is 11.3 Å². The first-order valence-corrected chi connectivity index (χ1v) is 5.78. The molecule has 74 valence electrons. The second-order valence-corrected chi connectivity index (χ2v) is 5.59. The molecular formula is C7H10ClNO2S2. The molecule has 0 aliphatic carbocycles. The summed E-state index contributed by atoms with van der Waals surface area (Å²) in [5.74, 6) is 0. The number of halogens is 1. The normalized spacial score (nSPS) is 13.2. The summed E-state index contributed by atoms with van der Waals surface area (Å²) < 4.78 is 0.788. The third-order valence-corrected chi connectivity index (χ3v) is 3.98.